The van der Waals surface area contributed by atoms with Crippen LogP contribution >= 0.6 is 0 Å². The molecule has 2 aromatic heterocycles. The van der Waals surface area contributed by atoms with E-state index in [1.807, 2.05) is 32.9 Å². The van der Waals surface area contributed by atoms with Gasteiger partial charge in [-0.05, 0) is 61.8 Å². The van der Waals surface area contributed by atoms with E-state index in [4.69, 9.17) is 5.73 Å². The van der Waals surface area contributed by atoms with Crippen molar-refractivity contribution in [1.29, 1.82) is 0 Å². The molecule has 4 rings (SSSR count). The smallest absolute Gasteiger partial charge is 0.223 e. The summed E-state index contributed by atoms with van der Waals surface area (Å²) in [7, 11) is 0. The highest BCUT2D eigenvalue weighted by molar-refractivity contribution is 5.83. The second kappa shape index (κ2) is 9.91. The third kappa shape index (κ3) is 5.71. The summed E-state index contributed by atoms with van der Waals surface area (Å²) in [5.74, 6) is 0.534. The number of benzene rings is 1. The number of anilines is 1. The number of carbonyl (C=O) groups is 1. The van der Waals surface area contributed by atoms with Crippen LogP contribution in [0.4, 0.5) is 10.3 Å². The summed E-state index contributed by atoms with van der Waals surface area (Å²) in [5, 5.41) is 3.43. The Hall–Kier alpha value is -2.93. The molecular formula is C26H32FN5O. The predicted octanol–water partition coefficient (Wildman–Crippen LogP) is 4.98. The van der Waals surface area contributed by atoms with Crippen LogP contribution in [-0.4, -0.2) is 32.8 Å². The first kappa shape index (κ1) is 23.2. The number of nitrogens with zero attached hydrogens (tertiary/aromatic N) is 3. The molecule has 33 heavy (non-hydrogen) atoms. The molecule has 3 N–H and O–H groups in total. The maximum atomic E-state index is 14.7. The normalized spacial score (nSPS) is 18.6. The van der Waals surface area contributed by atoms with Crippen molar-refractivity contribution in [2.45, 2.75) is 71.4 Å². The monoisotopic (exact) mass is 449 g/mol. The fraction of sp³-hybridized carbons (Fsp3) is 0.462. The molecule has 1 aliphatic carbocycles. The van der Waals surface area contributed by atoms with E-state index in [0.29, 0.717) is 46.8 Å². The van der Waals surface area contributed by atoms with Gasteiger partial charge in [0.2, 0.25) is 5.95 Å². The van der Waals surface area contributed by atoms with Gasteiger partial charge in [0.1, 0.15) is 17.1 Å². The fourth-order valence-electron chi connectivity index (χ4n) is 4.44. The number of fused-ring (bicyclic) bond motifs is 1. The number of Topliss-reactive ketones (excluding diaryl/α,β-unsaturated/α-hetero) is 1. The predicted molar refractivity (Wildman–Crippen MR) is 129 cm³/mol. The van der Waals surface area contributed by atoms with Crippen LogP contribution in [0.25, 0.3) is 22.3 Å². The van der Waals surface area contributed by atoms with Crippen molar-refractivity contribution in [3.05, 3.63) is 47.4 Å². The number of ketones is 1. The number of pyridine rings is 1. The lowest BCUT2D eigenvalue weighted by atomic mass is 9.92. The van der Waals surface area contributed by atoms with E-state index in [9.17, 15) is 9.18 Å². The summed E-state index contributed by atoms with van der Waals surface area (Å²) in [6.45, 7) is 5.94. The fourth-order valence-corrected chi connectivity index (χ4v) is 4.44. The van der Waals surface area contributed by atoms with E-state index in [2.05, 4.69) is 20.3 Å². The van der Waals surface area contributed by atoms with E-state index < -0.39 is 0 Å². The molecule has 2 heterocycles. The van der Waals surface area contributed by atoms with Gasteiger partial charge in [0.25, 0.3) is 0 Å². The molecule has 0 aliphatic heterocycles. The van der Waals surface area contributed by atoms with E-state index in [1.165, 1.54) is 6.07 Å². The van der Waals surface area contributed by atoms with Crippen LogP contribution < -0.4 is 11.1 Å². The van der Waals surface area contributed by atoms with Gasteiger partial charge >= 0.3 is 0 Å². The van der Waals surface area contributed by atoms with Crippen LogP contribution in [-0.2, 0) is 11.2 Å². The molecule has 0 bridgehead atoms. The summed E-state index contributed by atoms with van der Waals surface area (Å²) in [6.07, 6.45) is 6.34. The summed E-state index contributed by atoms with van der Waals surface area (Å²) >= 11 is 0. The Bertz CT molecular complexity index is 1150. The number of halogens is 1. The molecule has 3 aromatic rings. The summed E-state index contributed by atoms with van der Waals surface area (Å²) in [6, 6.07) is 7.50. The quantitative estimate of drug-likeness (QED) is 0.528. The largest absolute Gasteiger partial charge is 0.351 e. The van der Waals surface area contributed by atoms with Gasteiger partial charge in [-0.3, -0.25) is 4.79 Å². The molecule has 0 unspecified atom stereocenters. The van der Waals surface area contributed by atoms with Crippen molar-refractivity contribution >= 4 is 22.8 Å². The lowest BCUT2D eigenvalue weighted by Crippen LogP contribution is -2.33. The number of nitrogens with two attached hydrogens (primary N) is 1. The molecule has 7 heteroatoms. The Labute approximate surface area is 194 Å². The van der Waals surface area contributed by atoms with Crippen LogP contribution in [0.5, 0.6) is 0 Å². The average molecular weight is 450 g/mol. The molecule has 1 fully saturated rings. The number of aromatic nitrogens is 3. The highest BCUT2D eigenvalue weighted by Crippen LogP contribution is 2.26. The van der Waals surface area contributed by atoms with Crippen molar-refractivity contribution in [3.8, 4) is 11.3 Å². The highest BCUT2D eigenvalue weighted by atomic mass is 19.1. The molecule has 1 aliphatic rings. The van der Waals surface area contributed by atoms with Crippen LogP contribution in [0.1, 0.15) is 57.1 Å². The zero-order chi connectivity index (χ0) is 23.5. The molecule has 0 saturated heterocycles. The summed E-state index contributed by atoms with van der Waals surface area (Å²) < 4.78 is 14.7. The van der Waals surface area contributed by atoms with Crippen molar-refractivity contribution in [1.82, 2.24) is 15.0 Å². The van der Waals surface area contributed by atoms with Gasteiger partial charge in [0, 0.05) is 30.5 Å². The van der Waals surface area contributed by atoms with Crippen molar-refractivity contribution < 1.29 is 9.18 Å². The number of nitrogens with one attached hydrogen (secondary N) is 1. The third-order valence-electron chi connectivity index (χ3n) is 6.21. The van der Waals surface area contributed by atoms with Crippen LogP contribution in [0.3, 0.4) is 0 Å². The number of carbonyl (C=O) groups excluding carboxylic acids is 1. The highest BCUT2D eigenvalue weighted by Gasteiger charge is 2.19. The van der Waals surface area contributed by atoms with Gasteiger partial charge in [0.05, 0.1) is 17.4 Å². The Balaban J connectivity index is 1.54. The zero-order valence-electron chi connectivity index (χ0n) is 19.6. The van der Waals surface area contributed by atoms with Gasteiger partial charge < -0.3 is 11.1 Å². The number of rotatable bonds is 7. The topological polar surface area (TPSA) is 93.8 Å². The number of hydrogen-bond acceptors (Lipinski definition) is 6. The van der Waals surface area contributed by atoms with Crippen molar-refractivity contribution in [3.63, 3.8) is 0 Å². The summed E-state index contributed by atoms with van der Waals surface area (Å²) in [5.41, 5.74) is 10.1. The van der Waals surface area contributed by atoms with E-state index >= 15 is 0 Å². The first-order valence-corrected chi connectivity index (χ1v) is 11.8. The molecule has 6 nitrogen and oxygen atoms in total. The molecule has 0 radical (unpaired) electrons. The van der Waals surface area contributed by atoms with Gasteiger partial charge in [-0.25, -0.2) is 19.3 Å². The molecule has 1 aromatic carbocycles. The van der Waals surface area contributed by atoms with Crippen LogP contribution in [0.2, 0.25) is 0 Å². The lowest BCUT2D eigenvalue weighted by molar-refractivity contribution is -0.119. The third-order valence-corrected chi connectivity index (χ3v) is 6.21. The molecule has 174 valence electrons. The van der Waals surface area contributed by atoms with Gasteiger partial charge in [-0.2, -0.15) is 0 Å². The van der Waals surface area contributed by atoms with Gasteiger partial charge in [-0.15, -0.1) is 0 Å². The molecule has 0 atom stereocenters. The first-order chi connectivity index (χ1) is 15.8. The van der Waals surface area contributed by atoms with Gasteiger partial charge in [0.15, 0.2) is 0 Å². The van der Waals surface area contributed by atoms with Crippen LogP contribution in [0, 0.1) is 18.7 Å². The zero-order valence-corrected chi connectivity index (χ0v) is 19.6. The minimum absolute atomic E-state index is 0.0500. The maximum Gasteiger partial charge on any atom is 0.223 e. The Morgan fingerprint density at radius 2 is 1.94 bits per heavy atom. The van der Waals surface area contributed by atoms with E-state index in [1.54, 1.807) is 12.3 Å². The minimum atomic E-state index is -0.382. The van der Waals surface area contributed by atoms with E-state index in [-0.39, 0.29) is 23.9 Å². The maximum absolute atomic E-state index is 14.7. The van der Waals surface area contributed by atoms with Crippen molar-refractivity contribution in [2.24, 2.45) is 11.7 Å². The Morgan fingerprint density at radius 3 is 2.64 bits per heavy atom. The Morgan fingerprint density at radius 1 is 1.18 bits per heavy atom. The second-order valence-electron chi connectivity index (χ2n) is 9.63. The summed E-state index contributed by atoms with van der Waals surface area (Å²) in [4.78, 5) is 25.9. The minimum Gasteiger partial charge on any atom is -0.351 e. The standard InChI is InChI=1S/C26H32FN5O/c1-15(2)10-21(33)12-17-4-5-18(13-22(17)27)23-11-16(3)25-24(31-23)14-29-26(32-25)30-20-8-6-19(28)7-9-20/h4-5,11,13-15,19-20H,6-10,12,28H2,1-3H3,(H,29,30,32). The second-order valence-corrected chi connectivity index (χ2v) is 9.63. The average Bonchev–Trinajstić information content (AvgIpc) is 2.76. The number of hydrogen-bond donors (Lipinski definition) is 2. The van der Waals surface area contributed by atoms with Gasteiger partial charge in [-0.1, -0.05) is 26.0 Å². The van der Waals surface area contributed by atoms with Crippen LogP contribution in [0.15, 0.2) is 30.5 Å². The Kier molecular flexibility index (Phi) is 6.98. The first-order valence-electron chi connectivity index (χ1n) is 11.8. The molecule has 1 saturated carbocycles. The SMILES string of the molecule is Cc1cc(-c2ccc(CC(=O)CC(C)C)c(F)c2)nc2cnc(NC3CCC(N)CC3)nc12. The lowest BCUT2D eigenvalue weighted by Gasteiger charge is -2.26. The van der Waals surface area contributed by atoms with E-state index in [0.717, 1.165) is 36.8 Å². The molecular weight excluding hydrogens is 417 g/mol. The number of aryl methyl sites for hydroxylation is 1. The van der Waals surface area contributed by atoms with Crippen molar-refractivity contribution in [2.75, 3.05) is 5.32 Å². The molecule has 0 spiro atoms. The molecule has 0 amide bonds.